The minimum Gasteiger partial charge on any atom is -0.353 e. The highest BCUT2D eigenvalue weighted by Gasteiger charge is 2.11. The van der Waals surface area contributed by atoms with Crippen LogP contribution < -0.4 is 0 Å². The summed E-state index contributed by atoms with van der Waals surface area (Å²) in [5.41, 5.74) is 0. The second-order valence-corrected chi connectivity index (χ2v) is 3.80. The molecule has 0 aliphatic rings. The van der Waals surface area contributed by atoms with Crippen molar-refractivity contribution in [1.82, 2.24) is 0 Å². The van der Waals surface area contributed by atoms with Gasteiger partial charge in [-0.25, -0.2) is 0 Å². The molecule has 0 spiro atoms. The lowest BCUT2D eigenvalue weighted by Crippen LogP contribution is -2.22. The van der Waals surface area contributed by atoms with Crippen molar-refractivity contribution in [2.45, 2.75) is 72.2 Å². The number of hydrogen-bond donors (Lipinski definition) is 0. The fourth-order valence-electron chi connectivity index (χ4n) is 1.14. The third kappa shape index (κ3) is 7.34. The van der Waals surface area contributed by atoms with Gasteiger partial charge in [0, 0.05) is 6.61 Å². The predicted octanol–water partition coefficient (Wildman–Crippen LogP) is 3.74. The van der Waals surface area contributed by atoms with Crippen molar-refractivity contribution < 1.29 is 9.47 Å². The van der Waals surface area contributed by atoms with E-state index in [1.54, 1.807) is 0 Å². The maximum Gasteiger partial charge on any atom is 0.157 e. The molecule has 2 unspecified atom stereocenters. The molecule has 0 heterocycles. The van der Waals surface area contributed by atoms with Crippen LogP contribution in [0.4, 0.5) is 0 Å². The van der Waals surface area contributed by atoms with E-state index in [4.69, 9.17) is 9.47 Å². The Morgan fingerprint density at radius 2 is 1.79 bits per heavy atom. The molecule has 0 aliphatic carbocycles. The summed E-state index contributed by atoms with van der Waals surface area (Å²) in [6.07, 6.45) is 5.82. The summed E-state index contributed by atoms with van der Waals surface area (Å²) in [5.74, 6) is 0. The van der Waals surface area contributed by atoms with Gasteiger partial charge in [0.15, 0.2) is 6.29 Å². The average molecular weight is 202 g/mol. The van der Waals surface area contributed by atoms with E-state index in [1.165, 1.54) is 6.42 Å². The fraction of sp³-hybridized carbons (Fsp3) is 1.00. The van der Waals surface area contributed by atoms with E-state index in [-0.39, 0.29) is 6.29 Å². The Morgan fingerprint density at radius 1 is 1.07 bits per heavy atom. The van der Waals surface area contributed by atoms with E-state index >= 15 is 0 Å². The first-order valence-electron chi connectivity index (χ1n) is 6.01. The van der Waals surface area contributed by atoms with Gasteiger partial charge in [-0.05, 0) is 26.2 Å². The summed E-state index contributed by atoms with van der Waals surface area (Å²) >= 11 is 0. The number of hydrogen-bond acceptors (Lipinski definition) is 2. The van der Waals surface area contributed by atoms with Crippen molar-refractivity contribution in [3.8, 4) is 0 Å². The van der Waals surface area contributed by atoms with Crippen LogP contribution in [-0.2, 0) is 9.47 Å². The van der Waals surface area contributed by atoms with E-state index < -0.39 is 0 Å². The zero-order chi connectivity index (χ0) is 10.8. The topological polar surface area (TPSA) is 18.5 Å². The molecule has 14 heavy (non-hydrogen) atoms. The number of rotatable bonds is 9. The molecule has 0 radical (unpaired) electrons. The van der Waals surface area contributed by atoms with Crippen LogP contribution in [0.5, 0.6) is 0 Å². The van der Waals surface area contributed by atoms with Crippen LogP contribution in [-0.4, -0.2) is 19.0 Å². The largest absolute Gasteiger partial charge is 0.353 e. The lowest BCUT2D eigenvalue weighted by Gasteiger charge is -2.21. The van der Waals surface area contributed by atoms with Crippen LogP contribution in [0.15, 0.2) is 0 Å². The Balaban J connectivity index is 3.65. The SMILES string of the molecule is CCCCOC(CCC)OC(C)CC. The van der Waals surface area contributed by atoms with Gasteiger partial charge in [0.25, 0.3) is 0 Å². The van der Waals surface area contributed by atoms with Gasteiger partial charge in [-0.1, -0.05) is 33.6 Å². The summed E-state index contributed by atoms with van der Waals surface area (Å²) in [4.78, 5) is 0. The van der Waals surface area contributed by atoms with E-state index in [0.717, 1.165) is 32.3 Å². The van der Waals surface area contributed by atoms with Gasteiger partial charge >= 0.3 is 0 Å². The van der Waals surface area contributed by atoms with Crippen molar-refractivity contribution in [3.05, 3.63) is 0 Å². The van der Waals surface area contributed by atoms with Gasteiger partial charge in [-0.3, -0.25) is 0 Å². The van der Waals surface area contributed by atoms with Crippen LogP contribution in [0.3, 0.4) is 0 Å². The van der Waals surface area contributed by atoms with E-state index in [0.29, 0.717) is 6.10 Å². The monoisotopic (exact) mass is 202 g/mol. The van der Waals surface area contributed by atoms with Gasteiger partial charge < -0.3 is 9.47 Å². The van der Waals surface area contributed by atoms with Gasteiger partial charge in [-0.2, -0.15) is 0 Å². The highest BCUT2D eigenvalue weighted by molar-refractivity contribution is 4.50. The lowest BCUT2D eigenvalue weighted by atomic mass is 10.3. The Hall–Kier alpha value is -0.0800. The minimum absolute atomic E-state index is 0.0153. The fourth-order valence-corrected chi connectivity index (χ4v) is 1.14. The molecule has 0 aromatic rings. The first-order valence-corrected chi connectivity index (χ1v) is 6.01. The second-order valence-electron chi connectivity index (χ2n) is 3.80. The Labute approximate surface area is 89.0 Å². The van der Waals surface area contributed by atoms with Crippen molar-refractivity contribution in [2.75, 3.05) is 6.61 Å². The lowest BCUT2D eigenvalue weighted by molar-refractivity contribution is -0.170. The molecule has 0 aliphatic heterocycles. The highest BCUT2D eigenvalue weighted by Crippen LogP contribution is 2.10. The molecule has 0 bridgehead atoms. The zero-order valence-electron chi connectivity index (χ0n) is 10.2. The van der Waals surface area contributed by atoms with Gasteiger partial charge in [0.05, 0.1) is 6.10 Å². The molecule has 0 N–H and O–H groups in total. The van der Waals surface area contributed by atoms with Crippen molar-refractivity contribution in [1.29, 1.82) is 0 Å². The van der Waals surface area contributed by atoms with Crippen LogP contribution in [0.1, 0.15) is 59.8 Å². The zero-order valence-corrected chi connectivity index (χ0v) is 10.2. The molecule has 0 aromatic heterocycles. The Bertz CT molecular complexity index is 115. The summed E-state index contributed by atoms with van der Waals surface area (Å²) in [5, 5.41) is 0. The third-order valence-corrected chi connectivity index (χ3v) is 2.29. The normalized spacial score (nSPS) is 15.4. The first kappa shape index (κ1) is 13.9. The molecule has 0 saturated carbocycles. The Morgan fingerprint density at radius 3 is 2.29 bits per heavy atom. The van der Waals surface area contributed by atoms with Gasteiger partial charge in [0.1, 0.15) is 0 Å². The van der Waals surface area contributed by atoms with Crippen LogP contribution in [0.2, 0.25) is 0 Å². The van der Waals surface area contributed by atoms with E-state index in [9.17, 15) is 0 Å². The molecule has 2 heteroatoms. The number of unbranched alkanes of at least 4 members (excludes halogenated alkanes) is 1. The molecule has 0 rings (SSSR count). The minimum atomic E-state index is 0.0153. The predicted molar refractivity (Wildman–Crippen MR) is 60.4 cm³/mol. The maximum absolute atomic E-state index is 5.76. The van der Waals surface area contributed by atoms with E-state index in [2.05, 4.69) is 27.7 Å². The van der Waals surface area contributed by atoms with Gasteiger partial charge in [0.2, 0.25) is 0 Å². The number of ether oxygens (including phenoxy) is 2. The summed E-state index contributed by atoms with van der Waals surface area (Å²) in [6.45, 7) is 9.41. The van der Waals surface area contributed by atoms with E-state index in [1.807, 2.05) is 0 Å². The molecule has 2 atom stereocenters. The molecular formula is C12H26O2. The molecule has 86 valence electrons. The van der Waals surface area contributed by atoms with Crippen LogP contribution in [0.25, 0.3) is 0 Å². The molecule has 0 saturated heterocycles. The summed E-state index contributed by atoms with van der Waals surface area (Å²) < 4.78 is 11.4. The highest BCUT2D eigenvalue weighted by atomic mass is 16.7. The first-order chi connectivity index (χ1) is 6.74. The van der Waals surface area contributed by atoms with Crippen molar-refractivity contribution >= 4 is 0 Å². The summed E-state index contributed by atoms with van der Waals surface area (Å²) in [7, 11) is 0. The third-order valence-electron chi connectivity index (χ3n) is 2.29. The quantitative estimate of drug-likeness (QED) is 0.419. The average Bonchev–Trinajstić information content (AvgIpc) is 2.18. The Kier molecular flexibility index (Phi) is 9.42. The van der Waals surface area contributed by atoms with Crippen LogP contribution >= 0.6 is 0 Å². The standard InChI is InChI=1S/C12H26O2/c1-5-8-10-13-12(9-6-2)14-11(4)7-3/h11-12H,5-10H2,1-4H3. The van der Waals surface area contributed by atoms with Crippen molar-refractivity contribution in [3.63, 3.8) is 0 Å². The van der Waals surface area contributed by atoms with Crippen molar-refractivity contribution in [2.24, 2.45) is 0 Å². The molecular weight excluding hydrogens is 176 g/mol. The smallest absolute Gasteiger partial charge is 0.157 e. The molecule has 0 amide bonds. The molecule has 0 fully saturated rings. The van der Waals surface area contributed by atoms with Gasteiger partial charge in [-0.15, -0.1) is 0 Å². The maximum atomic E-state index is 5.76. The summed E-state index contributed by atoms with van der Waals surface area (Å²) in [6, 6.07) is 0. The molecule has 0 aromatic carbocycles. The second kappa shape index (κ2) is 9.47. The molecule has 2 nitrogen and oxygen atoms in total. The van der Waals surface area contributed by atoms with Crippen LogP contribution in [0, 0.1) is 0 Å².